The largest absolute Gasteiger partial charge is 0.507 e. The van der Waals surface area contributed by atoms with Gasteiger partial charge in [0.15, 0.2) is 0 Å². The summed E-state index contributed by atoms with van der Waals surface area (Å²) in [7, 11) is 3.89. The van der Waals surface area contributed by atoms with E-state index in [1.165, 1.54) is 0 Å². The van der Waals surface area contributed by atoms with Crippen molar-refractivity contribution in [3.05, 3.63) is 28.8 Å². The van der Waals surface area contributed by atoms with Gasteiger partial charge in [0.2, 0.25) is 0 Å². The van der Waals surface area contributed by atoms with Crippen LogP contribution in [0.25, 0.3) is 0 Å². The predicted molar refractivity (Wildman–Crippen MR) is 86.8 cm³/mol. The number of hydrogen-bond acceptors (Lipinski definition) is 3. The van der Waals surface area contributed by atoms with Crippen LogP contribution < -0.4 is 5.32 Å². The summed E-state index contributed by atoms with van der Waals surface area (Å²) in [6.45, 7) is 9.40. The minimum atomic E-state index is -0.216. The topological polar surface area (TPSA) is 52.6 Å². The van der Waals surface area contributed by atoms with Gasteiger partial charge in [0.1, 0.15) is 5.75 Å². The Labute approximate surface area is 128 Å². The first-order valence-corrected chi connectivity index (χ1v) is 7.46. The second-order valence-electron chi connectivity index (χ2n) is 6.78. The highest BCUT2D eigenvalue weighted by Gasteiger charge is 2.23. The van der Waals surface area contributed by atoms with Gasteiger partial charge in [-0.25, -0.2) is 0 Å². The van der Waals surface area contributed by atoms with Gasteiger partial charge >= 0.3 is 0 Å². The number of nitrogens with zero attached hydrogens (tertiary/aromatic N) is 1. The summed E-state index contributed by atoms with van der Waals surface area (Å²) in [5, 5.41) is 13.4. The van der Waals surface area contributed by atoms with Gasteiger partial charge in [-0.05, 0) is 38.1 Å². The third kappa shape index (κ3) is 4.74. The van der Waals surface area contributed by atoms with Crippen LogP contribution in [0.4, 0.5) is 0 Å². The highest BCUT2D eigenvalue weighted by molar-refractivity contribution is 5.95. The van der Waals surface area contributed by atoms with Crippen molar-refractivity contribution in [1.29, 1.82) is 0 Å². The van der Waals surface area contributed by atoms with Crippen molar-refractivity contribution in [2.45, 2.75) is 46.1 Å². The lowest BCUT2D eigenvalue weighted by Gasteiger charge is -2.24. The first kappa shape index (κ1) is 17.5. The van der Waals surface area contributed by atoms with Gasteiger partial charge in [-0.2, -0.15) is 0 Å². The molecule has 0 aliphatic carbocycles. The molecule has 0 atom stereocenters. The average molecular weight is 292 g/mol. The minimum absolute atomic E-state index is 0.0812. The minimum Gasteiger partial charge on any atom is -0.507 e. The fourth-order valence-corrected chi connectivity index (χ4v) is 2.20. The third-order valence-electron chi connectivity index (χ3n) is 3.28. The summed E-state index contributed by atoms with van der Waals surface area (Å²) >= 11 is 0. The van der Waals surface area contributed by atoms with E-state index in [4.69, 9.17) is 0 Å². The quantitative estimate of drug-likeness (QED) is 0.877. The molecule has 0 aliphatic rings. The number of carbonyl (C=O) groups excluding carboxylic acids is 1. The number of carbonyl (C=O) groups is 1. The highest BCUT2D eigenvalue weighted by Crippen LogP contribution is 2.34. The number of hydrogen-bond donors (Lipinski definition) is 2. The van der Waals surface area contributed by atoms with Crippen LogP contribution >= 0.6 is 0 Å². The van der Waals surface area contributed by atoms with Gasteiger partial charge in [-0.3, -0.25) is 4.79 Å². The van der Waals surface area contributed by atoms with Crippen molar-refractivity contribution in [1.82, 2.24) is 10.2 Å². The van der Waals surface area contributed by atoms with E-state index in [1.807, 2.05) is 46.7 Å². The molecule has 0 bridgehead atoms. The van der Waals surface area contributed by atoms with Gasteiger partial charge in [-0.1, -0.05) is 27.7 Å². The zero-order valence-electron chi connectivity index (χ0n) is 14.1. The van der Waals surface area contributed by atoms with E-state index in [0.29, 0.717) is 24.4 Å². The molecule has 1 amide bonds. The number of phenols is 1. The molecule has 0 aliphatic heterocycles. The molecule has 0 saturated heterocycles. The van der Waals surface area contributed by atoms with Crippen LogP contribution in [-0.4, -0.2) is 36.6 Å². The molecule has 2 N–H and O–H groups in total. The van der Waals surface area contributed by atoms with Crippen LogP contribution in [-0.2, 0) is 12.0 Å². The van der Waals surface area contributed by atoms with Crippen molar-refractivity contribution in [3.8, 4) is 5.75 Å². The second-order valence-corrected chi connectivity index (χ2v) is 6.78. The van der Waals surface area contributed by atoms with E-state index >= 15 is 0 Å². The van der Waals surface area contributed by atoms with E-state index in [1.54, 1.807) is 12.1 Å². The van der Waals surface area contributed by atoms with Gasteiger partial charge in [-0.15, -0.1) is 0 Å². The Hall–Kier alpha value is -1.55. The highest BCUT2D eigenvalue weighted by atomic mass is 16.3. The maximum atomic E-state index is 12.2. The van der Waals surface area contributed by atoms with Crippen molar-refractivity contribution in [2.24, 2.45) is 0 Å². The van der Waals surface area contributed by atoms with Crippen LogP contribution in [0, 0.1) is 0 Å². The number of benzene rings is 1. The Morgan fingerprint density at radius 3 is 2.38 bits per heavy atom. The van der Waals surface area contributed by atoms with E-state index in [9.17, 15) is 9.90 Å². The Morgan fingerprint density at radius 1 is 1.29 bits per heavy atom. The first-order chi connectivity index (χ1) is 9.66. The SMILES string of the molecule is CCCNC(=O)c1cc(CN(C)C)c(O)c(C(C)(C)C)c1. The van der Waals surface area contributed by atoms with Crippen molar-refractivity contribution < 1.29 is 9.90 Å². The monoisotopic (exact) mass is 292 g/mol. The zero-order chi connectivity index (χ0) is 16.2. The Bertz CT molecular complexity index is 502. The van der Waals surface area contributed by atoms with Crippen LogP contribution in [0.5, 0.6) is 5.75 Å². The summed E-state index contributed by atoms with van der Waals surface area (Å²) in [6, 6.07) is 3.59. The summed E-state index contributed by atoms with van der Waals surface area (Å²) in [5.41, 5.74) is 1.99. The van der Waals surface area contributed by atoms with Gasteiger partial charge in [0, 0.05) is 29.8 Å². The summed E-state index contributed by atoms with van der Waals surface area (Å²) < 4.78 is 0. The smallest absolute Gasteiger partial charge is 0.251 e. The summed E-state index contributed by atoms with van der Waals surface area (Å²) in [6.07, 6.45) is 0.903. The molecule has 0 heterocycles. The molecule has 21 heavy (non-hydrogen) atoms. The maximum absolute atomic E-state index is 12.2. The molecular formula is C17H28N2O2. The van der Waals surface area contributed by atoms with E-state index in [0.717, 1.165) is 17.5 Å². The number of nitrogens with one attached hydrogen (secondary N) is 1. The Kier molecular flexibility index (Phi) is 5.78. The summed E-state index contributed by atoms with van der Waals surface area (Å²) in [5.74, 6) is 0.214. The molecule has 0 spiro atoms. The molecule has 0 radical (unpaired) electrons. The normalized spacial score (nSPS) is 11.8. The van der Waals surface area contributed by atoms with Gasteiger partial charge in [0.05, 0.1) is 0 Å². The Balaban J connectivity index is 3.29. The van der Waals surface area contributed by atoms with Crippen LogP contribution in [0.3, 0.4) is 0 Å². The molecule has 4 nitrogen and oxygen atoms in total. The van der Waals surface area contributed by atoms with Gasteiger partial charge < -0.3 is 15.3 Å². The molecule has 1 aromatic rings. The standard InChI is InChI=1S/C17H28N2O2/c1-7-8-18-16(21)12-9-13(11-19(5)6)15(20)14(10-12)17(2,3)4/h9-10,20H,7-8,11H2,1-6H3,(H,18,21). The number of phenolic OH excluding ortho intramolecular Hbond substituents is 1. The van der Waals surface area contributed by atoms with Gasteiger partial charge in [0.25, 0.3) is 5.91 Å². The van der Waals surface area contributed by atoms with Crippen LogP contribution in [0.2, 0.25) is 0 Å². The molecule has 1 rings (SSSR count). The molecule has 0 unspecified atom stereocenters. The third-order valence-corrected chi connectivity index (χ3v) is 3.28. The molecule has 118 valence electrons. The van der Waals surface area contributed by atoms with Crippen LogP contribution in [0.15, 0.2) is 12.1 Å². The molecule has 0 saturated carbocycles. The molecule has 1 aromatic carbocycles. The van der Waals surface area contributed by atoms with Crippen molar-refractivity contribution in [3.63, 3.8) is 0 Å². The lowest BCUT2D eigenvalue weighted by Crippen LogP contribution is -2.25. The van der Waals surface area contributed by atoms with Crippen LogP contribution in [0.1, 0.15) is 55.6 Å². The predicted octanol–water partition coefficient (Wildman–Crippen LogP) is 2.89. The fraction of sp³-hybridized carbons (Fsp3) is 0.588. The van der Waals surface area contributed by atoms with E-state index in [-0.39, 0.29) is 11.3 Å². The fourth-order valence-electron chi connectivity index (χ4n) is 2.20. The molecule has 4 heteroatoms. The van der Waals surface area contributed by atoms with E-state index < -0.39 is 0 Å². The molecule has 0 fully saturated rings. The lowest BCUT2D eigenvalue weighted by atomic mass is 9.84. The Morgan fingerprint density at radius 2 is 1.90 bits per heavy atom. The maximum Gasteiger partial charge on any atom is 0.251 e. The second kappa shape index (κ2) is 6.94. The average Bonchev–Trinajstić information content (AvgIpc) is 2.36. The number of rotatable bonds is 5. The molecular weight excluding hydrogens is 264 g/mol. The summed E-state index contributed by atoms with van der Waals surface area (Å²) in [4.78, 5) is 14.2. The lowest BCUT2D eigenvalue weighted by molar-refractivity contribution is 0.0953. The zero-order valence-corrected chi connectivity index (χ0v) is 14.1. The number of amides is 1. The first-order valence-electron chi connectivity index (χ1n) is 7.46. The van der Waals surface area contributed by atoms with Crippen molar-refractivity contribution >= 4 is 5.91 Å². The molecule has 0 aromatic heterocycles. The number of aromatic hydroxyl groups is 1. The van der Waals surface area contributed by atoms with E-state index in [2.05, 4.69) is 5.32 Å². The van der Waals surface area contributed by atoms with Crippen molar-refractivity contribution in [2.75, 3.05) is 20.6 Å².